The standard InChI is InChI=1S/C13H21FN2O2S/c1-8-6-10(14)12(7-11(8)15)19(17,18)16-9(2)13(3,4)5/h6-7,9,16H,15H2,1-5H3. The van der Waals surface area contributed by atoms with Crippen molar-refractivity contribution >= 4 is 15.7 Å². The molecule has 1 rings (SSSR count). The SMILES string of the molecule is Cc1cc(F)c(S(=O)(=O)NC(C)C(C)(C)C)cc1N. The largest absolute Gasteiger partial charge is 0.398 e. The molecule has 0 radical (unpaired) electrons. The van der Waals surface area contributed by atoms with E-state index in [2.05, 4.69) is 4.72 Å². The van der Waals surface area contributed by atoms with E-state index in [1.165, 1.54) is 0 Å². The lowest BCUT2D eigenvalue weighted by Crippen LogP contribution is -2.41. The van der Waals surface area contributed by atoms with Gasteiger partial charge in [0.25, 0.3) is 0 Å². The second-order valence-electron chi connectivity index (χ2n) is 5.85. The molecule has 0 spiro atoms. The predicted octanol–water partition coefficient (Wildman–Crippen LogP) is 2.43. The normalized spacial score (nSPS) is 14.4. The number of anilines is 1. The second kappa shape index (κ2) is 5.09. The highest BCUT2D eigenvalue weighted by atomic mass is 32.2. The third-order valence-electron chi connectivity index (χ3n) is 3.24. The number of nitrogens with two attached hydrogens (primary N) is 1. The monoisotopic (exact) mass is 288 g/mol. The summed E-state index contributed by atoms with van der Waals surface area (Å²) in [5, 5.41) is 0. The fourth-order valence-electron chi connectivity index (χ4n) is 1.35. The van der Waals surface area contributed by atoms with Crippen LogP contribution in [0.1, 0.15) is 33.3 Å². The molecule has 0 aliphatic rings. The van der Waals surface area contributed by atoms with E-state index in [4.69, 9.17) is 5.73 Å². The van der Waals surface area contributed by atoms with Gasteiger partial charge in [-0.2, -0.15) is 0 Å². The molecular weight excluding hydrogens is 267 g/mol. The number of benzene rings is 1. The molecule has 0 saturated carbocycles. The van der Waals surface area contributed by atoms with Crippen molar-refractivity contribution in [1.82, 2.24) is 4.72 Å². The van der Waals surface area contributed by atoms with Crippen LogP contribution >= 0.6 is 0 Å². The highest BCUT2D eigenvalue weighted by molar-refractivity contribution is 7.89. The van der Waals surface area contributed by atoms with Crippen LogP contribution in [0, 0.1) is 18.2 Å². The van der Waals surface area contributed by atoms with Crippen molar-refractivity contribution < 1.29 is 12.8 Å². The Hall–Kier alpha value is -1.14. The van der Waals surface area contributed by atoms with Crippen LogP contribution in [0.2, 0.25) is 0 Å². The van der Waals surface area contributed by atoms with Gasteiger partial charge in [-0.25, -0.2) is 17.5 Å². The lowest BCUT2D eigenvalue weighted by Gasteiger charge is -2.27. The van der Waals surface area contributed by atoms with Crippen LogP contribution in [0.3, 0.4) is 0 Å². The summed E-state index contributed by atoms with van der Waals surface area (Å²) in [5.41, 5.74) is 6.15. The lowest BCUT2D eigenvalue weighted by molar-refractivity contribution is 0.317. The van der Waals surface area contributed by atoms with Crippen LogP contribution < -0.4 is 10.5 Å². The number of aryl methyl sites for hydroxylation is 1. The van der Waals surface area contributed by atoms with Gasteiger partial charge in [-0.05, 0) is 37.0 Å². The number of rotatable bonds is 3. The van der Waals surface area contributed by atoms with Gasteiger partial charge in [0.15, 0.2) is 0 Å². The smallest absolute Gasteiger partial charge is 0.243 e. The Morgan fingerprint density at radius 1 is 1.32 bits per heavy atom. The molecular formula is C13H21FN2O2S. The first-order chi connectivity index (χ1) is 8.45. The zero-order chi connectivity index (χ0) is 15.0. The fourth-order valence-corrected chi connectivity index (χ4v) is 2.89. The molecule has 1 aromatic carbocycles. The van der Waals surface area contributed by atoms with Crippen molar-refractivity contribution in [2.75, 3.05) is 5.73 Å². The van der Waals surface area contributed by atoms with Crippen LogP contribution in [0.5, 0.6) is 0 Å². The molecule has 0 saturated heterocycles. The molecule has 108 valence electrons. The Balaban J connectivity index is 3.19. The summed E-state index contributed by atoms with van der Waals surface area (Å²) in [5.74, 6) is -0.791. The number of nitrogens with one attached hydrogen (secondary N) is 1. The van der Waals surface area contributed by atoms with Gasteiger partial charge in [-0.15, -0.1) is 0 Å². The first-order valence-electron chi connectivity index (χ1n) is 6.03. The van der Waals surface area contributed by atoms with E-state index < -0.39 is 20.7 Å². The molecule has 0 amide bonds. The van der Waals surface area contributed by atoms with Crippen LogP contribution in [-0.4, -0.2) is 14.5 Å². The molecule has 0 aliphatic heterocycles. The van der Waals surface area contributed by atoms with Gasteiger partial charge in [0, 0.05) is 11.7 Å². The number of halogens is 1. The molecule has 3 N–H and O–H groups in total. The van der Waals surface area contributed by atoms with E-state index in [0.29, 0.717) is 5.56 Å². The minimum Gasteiger partial charge on any atom is -0.398 e. The van der Waals surface area contributed by atoms with Crippen molar-refractivity contribution in [3.63, 3.8) is 0 Å². The minimum atomic E-state index is -3.92. The Labute approximate surface area is 114 Å². The lowest BCUT2D eigenvalue weighted by atomic mass is 9.89. The average Bonchev–Trinajstić information content (AvgIpc) is 2.21. The van der Waals surface area contributed by atoms with E-state index in [1.54, 1.807) is 13.8 Å². The van der Waals surface area contributed by atoms with Crippen LogP contribution in [0.4, 0.5) is 10.1 Å². The quantitative estimate of drug-likeness (QED) is 0.839. The number of hydrogen-bond acceptors (Lipinski definition) is 3. The van der Waals surface area contributed by atoms with Crippen molar-refractivity contribution in [3.05, 3.63) is 23.5 Å². The molecule has 0 heterocycles. The molecule has 1 unspecified atom stereocenters. The average molecular weight is 288 g/mol. The van der Waals surface area contributed by atoms with Gasteiger partial charge in [0.1, 0.15) is 10.7 Å². The summed E-state index contributed by atoms with van der Waals surface area (Å²) in [6, 6.07) is 1.95. The highest BCUT2D eigenvalue weighted by Gasteiger charge is 2.28. The molecule has 0 aromatic heterocycles. The maximum atomic E-state index is 13.8. The first kappa shape index (κ1) is 15.9. The zero-order valence-corrected chi connectivity index (χ0v) is 12.7. The van der Waals surface area contributed by atoms with E-state index >= 15 is 0 Å². The van der Waals surface area contributed by atoms with Crippen LogP contribution in [0.25, 0.3) is 0 Å². The zero-order valence-electron chi connectivity index (χ0n) is 11.9. The molecule has 1 atom stereocenters. The Morgan fingerprint density at radius 2 is 1.84 bits per heavy atom. The van der Waals surface area contributed by atoms with Gasteiger partial charge in [0.2, 0.25) is 10.0 Å². The van der Waals surface area contributed by atoms with Crippen LogP contribution in [-0.2, 0) is 10.0 Å². The minimum absolute atomic E-state index is 0.255. The molecule has 1 aromatic rings. The summed E-state index contributed by atoms with van der Waals surface area (Å²) in [6.45, 7) is 9.08. The Kier molecular flexibility index (Phi) is 4.27. The van der Waals surface area contributed by atoms with Crippen molar-refractivity contribution in [1.29, 1.82) is 0 Å². The number of hydrogen-bond donors (Lipinski definition) is 2. The summed E-state index contributed by atoms with van der Waals surface area (Å²) in [6.07, 6.45) is 0. The van der Waals surface area contributed by atoms with Gasteiger partial charge >= 0.3 is 0 Å². The maximum absolute atomic E-state index is 13.8. The summed E-state index contributed by atoms with van der Waals surface area (Å²) < 4.78 is 40.6. The molecule has 19 heavy (non-hydrogen) atoms. The second-order valence-corrected chi connectivity index (χ2v) is 7.53. The summed E-state index contributed by atoms with van der Waals surface area (Å²) in [4.78, 5) is -0.410. The topological polar surface area (TPSA) is 72.2 Å². The molecule has 4 nitrogen and oxygen atoms in total. The van der Waals surface area contributed by atoms with Crippen molar-refractivity contribution in [2.45, 2.75) is 45.6 Å². The third-order valence-corrected chi connectivity index (χ3v) is 4.80. The Morgan fingerprint density at radius 3 is 2.32 bits per heavy atom. The number of nitrogen functional groups attached to an aromatic ring is 1. The molecule has 0 aliphatic carbocycles. The van der Waals surface area contributed by atoms with Crippen LogP contribution in [0.15, 0.2) is 17.0 Å². The Bertz CT molecular complexity index is 577. The first-order valence-corrected chi connectivity index (χ1v) is 7.51. The molecule has 0 fully saturated rings. The van der Waals surface area contributed by atoms with Crippen molar-refractivity contribution in [2.24, 2.45) is 5.41 Å². The van der Waals surface area contributed by atoms with E-state index in [-0.39, 0.29) is 17.1 Å². The predicted molar refractivity (Wildman–Crippen MR) is 74.8 cm³/mol. The summed E-state index contributed by atoms with van der Waals surface area (Å²) >= 11 is 0. The summed E-state index contributed by atoms with van der Waals surface area (Å²) in [7, 11) is -3.92. The fraction of sp³-hybridized carbons (Fsp3) is 0.538. The van der Waals surface area contributed by atoms with E-state index in [9.17, 15) is 12.8 Å². The number of sulfonamides is 1. The van der Waals surface area contributed by atoms with Gasteiger partial charge < -0.3 is 5.73 Å². The van der Waals surface area contributed by atoms with E-state index in [1.807, 2.05) is 20.8 Å². The third kappa shape index (κ3) is 3.67. The van der Waals surface area contributed by atoms with Gasteiger partial charge in [-0.1, -0.05) is 20.8 Å². The maximum Gasteiger partial charge on any atom is 0.243 e. The van der Waals surface area contributed by atoms with Gasteiger partial charge in [-0.3, -0.25) is 0 Å². The molecule has 0 bridgehead atoms. The highest BCUT2D eigenvalue weighted by Crippen LogP contribution is 2.24. The molecule has 6 heteroatoms. The van der Waals surface area contributed by atoms with E-state index in [0.717, 1.165) is 12.1 Å². The van der Waals surface area contributed by atoms with Gasteiger partial charge in [0.05, 0.1) is 0 Å². The van der Waals surface area contributed by atoms with Crippen molar-refractivity contribution in [3.8, 4) is 0 Å².